The van der Waals surface area contributed by atoms with Crippen LogP contribution in [0.25, 0.3) is 10.8 Å². The summed E-state index contributed by atoms with van der Waals surface area (Å²) >= 11 is 0. The molecule has 1 atom stereocenters. The molecule has 1 heterocycles. The van der Waals surface area contributed by atoms with Crippen LogP contribution < -0.4 is 10.5 Å². The van der Waals surface area contributed by atoms with Gasteiger partial charge in [0.05, 0.1) is 13.7 Å². The van der Waals surface area contributed by atoms with E-state index in [1.54, 1.807) is 12.1 Å². The molecule has 0 saturated heterocycles. The first kappa shape index (κ1) is 21.4. The van der Waals surface area contributed by atoms with Gasteiger partial charge in [0.15, 0.2) is 0 Å². The van der Waals surface area contributed by atoms with E-state index in [0.29, 0.717) is 23.5 Å². The Morgan fingerprint density at radius 2 is 1.84 bits per heavy atom. The maximum absolute atomic E-state index is 13.0. The third-order valence-corrected chi connectivity index (χ3v) is 5.72. The molecule has 3 aromatic rings. The lowest BCUT2D eigenvalue weighted by atomic mass is 10.1. The molecule has 7 heteroatoms. The van der Waals surface area contributed by atoms with Crippen molar-refractivity contribution < 1.29 is 23.9 Å². The van der Waals surface area contributed by atoms with E-state index in [0.717, 1.165) is 16.3 Å². The fourth-order valence-electron chi connectivity index (χ4n) is 4.01. The molecule has 2 amide bonds. The maximum Gasteiger partial charge on any atom is 0.305 e. The quantitative estimate of drug-likeness (QED) is 0.551. The van der Waals surface area contributed by atoms with Crippen LogP contribution in [0.2, 0.25) is 0 Å². The van der Waals surface area contributed by atoms with E-state index in [-0.39, 0.29) is 25.3 Å². The summed E-state index contributed by atoms with van der Waals surface area (Å²) in [5.41, 5.74) is 7.74. The summed E-state index contributed by atoms with van der Waals surface area (Å²) in [6.07, 6.45) is 0.102. The molecule has 164 valence electrons. The average molecular weight is 432 g/mol. The van der Waals surface area contributed by atoms with E-state index < -0.39 is 17.9 Å². The number of nitrogens with two attached hydrogens (primary N) is 1. The van der Waals surface area contributed by atoms with Gasteiger partial charge in [-0.15, -0.1) is 0 Å². The van der Waals surface area contributed by atoms with Gasteiger partial charge in [-0.3, -0.25) is 14.4 Å². The average Bonchev–Trinajstić information content (AvgIpc) is 3.14. The van der Waals surface area contributed by atoms with Crippen molar-refractivity contribution in [2.24, 2.45) is 5.73 Å². The van der Waals surface area contributed by atoms with Crippen LogP contribution in [-0.2, 0) is 27.5 Å². The number of methoxy groups -OCH3 is 1. The summed E-state index contributed by atoms with van der Waals surface area (Å²) in [7, 11) is 1.28. The van der Waals surface area contributed by atoms with Gasteiger partial charge in [-0.05, 0) is 41.0 Å². The molecule has 0 aromatic heterocycles. The largest absolute Gasteiger partial charge is 0.489 e. The molecule has 1 unspecified atom stereocenters. The van der Waals surface area contributed by atoms with Gasteiger partial charge in [-0.2, -0.15) is 0 Å². The van der Waals surface area contributed by atoms with Crippen molar-refractivity contribution in [3.8, 4) is 5.75 Å². The second-order valence-electron chi connectivity index (χ2n) is 7.72. The first-order valence-corrected chi connectivity index (χ1v) is 10.4. The van der Waals surface area contributed by atoms with Crippen LogP contribution in [0.4, 0.5) is 0 Å². The third kappa shape index (κ3) is 4.27. The van der Waals surface area contributed by atoms with Crippen molar-refractivity contribution in [3.63, 3.8) is 0 Å². The Kier molecular flexibility index (Phi) is 6.07. The number of nitrogens with zero attached hydrogens (tertiary/aromatic N) is 1. The minimum Gasteiger partial charge on any atom is -0.489 e. The van der Waals surface area contributed by atoms with Crippen LogP contribution in [0.15, 0.2) is 60.7 Å². The molecule has 1 aliphatic heterocycles. The molecule has 0 aliphatic carbocycles. The smallest absolute Gasteiger partial charge is 0.305 e. The molecular formula is C25H24N2O5. The third-order valence-electron chi connectivity index (χ3n) is 5.72. The highest BCUT2D eigenvalue weighted by atomic mass is 16.5. The lowest BCUT2D eigenvalue weighted by molar-refractivity contribution is -0.141. The predicted molar refractivity (Wildman–Crippen MR) is 119 cm³/mol. The Morgan fingerprint density at radius 3 is 2.59 bits per heavy atom. The molecule has 0 fully saturated rings. The van der Waals surface area contributed by atoms with Crippen molar-refractivity contribution in [1.29, 1.82) is 0 Å². The number of amides is 2. The molecule has 4 rings (SSSR count). The summed E-state index contributed by atoms with van der Waals surface area (Å²) in [6.45, 7) is 0.536. The van der Waals surface area contributed by atoms with E-state index in [2.05, 4.69) is 16.9 Å². The second kappa shape index (κ2) is 9.09. The summed E-state index contributed by atoms with van der Waals surface area (Å²) in [5.74, 6) is -0.832. The Labute approximate surface area is 185 Å². The molecule has 0 saturated carbocycles. The molecular weight excluding hydrogens is 408 g/mol. The Bertz CT molecular complexity index is 1190. The minimum absolute atomic E-state index is 0.00441. The molecule has 0 bridgehead atoms. The zero-order chi connectivity index (χ0) is 22.7. The van der Waals surface area contributed by atoms with Crippen LogP contribution >= 0.6 is 0 Å². The van der Waals surface area contributed by atoms with Gasteiger partial charge < -0.3 is 20.1 Å². The number of esters is 1. The minimum atomic E-state index is -0.901. The van der Waals surface area contributed by atoms with E-state index in [1.165, 1.54) is 12.0 Å². The fraction of sp³-hybridized carbons (Fsp3) is 0.240. The van der Waals surface area contributed by atoms with Gasteiger partial charge in [-0.25, -0.2) is 0 Å². The number of hydrogen-bond acceptors (Lipinski definition) is 5. The van der Waals surface area contributed by atoms with Crippen molar-refractivity contribution >= 4 is 28.6 Å². The lowest BCUT2D eigenvalue weighted by Gasteiger charge is -2.24. The van der Waals surface area contributed by atoms with Crippen molar-refractivity contribution in [1.82, 2.24) is 4.90 Å². The number of fused-ring (bicyclic) bond motifs is 2. The molecule has 2 N–H and O–H groups in total. The van der Waals surface area contributed by atoms with Crippen LogP contribution in [0.5, 0.6) is 5.75 Å². The molecule has 0 radical (unpaired) electrons. The normalized spacial score (nSPS) is 13.7. The zero-order valence-electron chi connectivity index (χ0n) is 17.7. The summed E-state index contributed by atoms with van der Waals surface area (Å²) in [6, 6.07) is 18.6. The number of carbonyl (C=O) groups excluding carboxylic acids is 3. The number of benzene rings is 3. The first-order chi connectivity index (χ1) is 15.5. The number of hydrogen-bond donors (Lipinski definition) is 1. The van der Waals surface area contributed by atoms with Gasteiger partial charge in [0, 0.05) is 17.5 Å². The van der Waals surface area contributed by atoms with Gasteiger partial charge in [0.25, 0.3) is 5.91 Å². The highest BCUT2D eigenvalue weighted by Gasteiger charge is 2.37. The van der Waals surface area contributed by atoms with Crippen LogP contribution in [-0.4, -0.2) is 35.8 Å². The highest BCUT2D eigenvalue weighted by molar-refractivity contribution is 6.01. The van der Waals surface area contributed by atoms with E-state index >= 15 is 0 Å². The van der Waals surface area contributed by atoms with Crippen LogP contribution in [0.1, 0.15) is 34.3 Å². The predicted octanol–water partition coefficient (Wildman–Crippen LogP) is 3.18. The molecule has 0 spiro atoms. The molecule has 32 heavy (non-hydrogen) atoms. The second-order valence-corrected chi connectivity index (χ2v) is 7.72. The van der Waals surface area contributed by atoms with Gasteiger partial charge >= 0.3 is 5.97 Å². The number of ether oxygens (including phenoxy) is 2. The highest BCUT2D eigenvalue weighted by Crippen LogP contribution is 2.33. The fourth-order valence-corrected chi connectivity index (χ4v) is 4.01. The monoisotopic (exact) mass is 432 g/mol. The van der Waals surface area contributed by atoms with Crippen LogP contribution in [0, 0.1) is 0 Å². The molecule has 1 aliphatic rings. The number of carbonyl (C=O) groups is 3. The summed E-state index contributed by atoms with van der Waals surface area (Å²) < 4.78 is 10.7. The van der Waals surface area contributed by atoms with E-state index in [9.17, 15) is 14.4 Å². The first-order valence-electron chi connectivity index (χ1n) is 10.4. The number of primary amides is 1. The van der Waals surface area contributed by atoms with E-state index in [1.807, 2.05) is 36.4 Å². The topological polar surface area (TPSA) is 98.9 Å². The van der Waals surface area contributed by atoms with Crippen molar-refractivity contribution in [2.75, 3.05) is 7.11 Å². The van der Waals surface area contributed by atoms with Gasteiger partial charge in [-0.1, -0.05) is 42.5 Å². The Morgan fingerprint density at radius 1 is 1.06 bits per heavy atom. The SMILES string of the molecule is COC(=O)CCC(C(N)=O)N1Cc2c(OCc3ccc4ccccc4c3)cccc2C1=O. The number of rotatable bonds is 8. The lowest BCUT2D eigenvalue weighted by Crippen LogP contribution is -2.45. The summed E-state index contributed by atoms with van der Waals surface area (Å²) in [5, 5.41) is 2.28. The van der Waals surface area contributed by atoms with E-state index in [4.69, 9.17) is 10.5 Å². The Hall–Kier alpha value is -3.87. The Balaban J connectivity index is 1.52. The van der Waals surface area contributed by atoms with Crippen molar-refractivity contribution in [2.45, 2.75) is 32.0 Å². The van der Waals surface area contributed by atoms with Gasteiger partial charge in [0.1, 0.15) is 18.4 Å². The van der Waals surface area contributed by atoms with Crippen molar-refractivity contribution in [3.05, 3.63) is 77.4 Å². The molecule has 3 aromatic carbocycles. The van der Waals surface area contributed by atoms with Crippen LogP contribution in [0.3, 0.4) is 0 Å². The maximum atomic E-state index is 13.0. The van der Waals surface area contributed by atoms with Gasteiger partial charge in [0.2, 0.25) is 5.91 Å². The summed E-state index contributed by atoms with van der Waals surface area (Å²) in [4.78, 5) is 37.9. The zero-order valence-corrected chi connectivity index (χ0v) is 17.7. The standard InChI is InChI=1S/C25H24N2O5/c1-31-23(28)12-11-21(24(26)29)27-14-20-19(25(27)30)7-4-8-22(20)32-15-16-9-10-17-5-2-3-6-18(17)13-16/h2-10,13,21H,11-12,14-15H2,1H3,(H2,26,29). The molecule has 7 nitrogen and oxygen atoms in total.